The SMILES string of the molecule is C[n+]1ccnc2c1C(=O)C=CC2=O.O=S(=O)([O-])C(F)(F)F. The fourth-order valence-electron chi connectivity index (χ4n) is 1.29. The Hall–Kier alpha value is -2.14. The topological polar surface area (TPSA) is 108 Å². The lowest BCUT2D eigenvalue weighted by Crippen LogP contribution is -2.39. The lowest BCUT2D eigenvalue weighted by atomic mass is 10.1. The largest absolute Gasteiger partial charge is 0.741 e. The van der Waals surface area contributed by atoms with E-state index in [1.165, 1.54) is 18.3 Å². The fraction of sp³-hybridized carbons (Fsp3) is 0.200. The molecule has 0 fully saturated rings. The van der Waals surface area contributed by atoms with Crippen molar-refractivity contribution in [3.05, 3.63) is 35.9 Å². The molecule has 0 radical (unpaired) electrons. The quantitative estimate of drug-likeness (QED) is 0.374. The van der Waals surface area contributed by atoms with Crippen molar-refractivity contribution >= 4 is 21.7 Å². The van der Waals surface area contributed by atoms with E-state index in [1.54, 1.807) is 17.8 Å². The Labute approximate surface area is 116 Å². The molecule has 0 spiro atoms. The van der Waals surface area contributed by atoms with E-state index in [1.807, 2.05) is 0 Å². The highest BCUT2D eigenvalue weighted by Crippen LogP contribution is 2.20. The second kappa shape index (κ2) is 5.69. The number of aryl methyl sites for hydroxylation is 1. The lowest BCUT2D eigenvalue weighted by molar-refractivity contribution is -0.673. The van der Waals surface area contributed by atoms with Gasteiger partial charge in [0.05, 0.1) is 6.20 Å². The predicted octanol–water partition coefficient (Wildman–Crippen LogP) is -0.107. The smallest absolute Gasteiger partial charge is 0.485 e. The first kappa shape index (κ1) is 16.9. The van der Waals surface area contributed by atoms with Crippen LogP contribution in [-0.2, 0) is 17.2 Å². The molecular weight excluding hydrogens is 317 g/mol. The van der Waals surface area contributed by atoms with E-state index in [0.717, 1.165) is 0 Å². The predicted molar refractivity (Wildman–Crippen MR) is 59.0 cm³/mol. The molecule has 0 bridgehead atoms. The van der Waals surface area contributed by atoms with Crippen molar-refractivity contribution in [3.63, 3.8) is 0 Å². The summed E-state index contributed by atoms with van der Waals surface area (Å²) in [6.07, 6.45) is 5.66. The maximum Gasteiger partial charge on any atom is 0.485 e. The van der Waals surface area contributed by atoms with E-state index in [-0.39, 0.29) is 17.3 Å². The van der Waals surface area contributed by atoms with Gasteiger partial charge in [-0.2, -0.15) is 17.7 Å². The average molecular weight is 324 g/mol. The Morgan fingerprint density at radius 3 is 2.10 bits per heavy atom. The van der Waals surface area contributed by atoms with E-state index < -0.39 is 15.6 Å². The van der Waals surface area contributed by atoms with Crippen molar-refractivity contribution in [2.75, 3.05) is 0 Å². The maximum absolute atomic E-state index is 11.4. The number of nitrogens with zero attached hydrogens (tertiary/aromatic N) is 2. The third-order valence-corrected chi connectivity index (χ3v) is 2.77. The van der Waals surface area contributed by atoms with Crippen LogP contribution in [0.5, 0.6) is 0 Å². The molecular formula is C10H7F3N2O5S. The van der Waals surface area contributed by atoms with Gasteiger partial charge in [0.2, 0.25) is 5.78 Å². The maximum atomic E-state index is 11.4. The van der Waals surface area contributed by atoms with Gasteiger partial charge in [0.25, 0.3) is 11.5 Å². The Morgan fingerprint density at radius 1 is 1.19 bits per heavy atom. The van der Waals surface area contributed by atoms with Crippen LogP contribution in [-0.4, -0.2) is 35.0 Å². The number of halogens is 3. The number of allylic oxidation sites excluding steroid dienone is 2. The molecule has 0 aliphatic heterocycles. The molecule has 0 atom stereocenters. The van der Waals surface area contributed by atoms with Crippen molar-refractivity contribution in [1.29, 1.82) is 0 Å². The number of aromatic nitrogens is 2. The third kappa shape index (κ3) is 3.92. The second-order valence-corrected chi connectivity index (χ2v) is 5.07. The molecule has 1 aromatic rings. The molecule has 0 N–H and O–H groups in total. The molecule has 0 unspecified atom stereocenters. The van der Waals surface area contributed by atoms with Gasteiger partial charge in [0.1, 0.15) is 7.05 Å². The zero-order chi connectivity index (χ0) is 16.4. The molecule has 0 saturated carbocycles. The summed E-state index contributed by atoms with van der Waals surface area (Å²) < 4.78 is 60.5. The lowest BCUT2D eigenvalue weighted by Gasteiger charge is -2.08. The van der Waals surface area contributed by atoms with Gasteiger partial charge in [-0.25, -0.2) is 13.4 Å². The summed E-state index contributed by atoms with van der Waals surface area (Å²) >= 11 is 0. The molecule has 0 amide bonds. The van der Waals surface area contributed by atoms with Gasteiger partial charge in [-0.05, 0) is 12.2 Å². The first-order valence-corrected chi connectivity index (χ1v) is 6.49. The van der Waals surface area contributed by atoms with E-state index in [0.29, 0.717) is 5.69 Å². The van der Waals surface area contributed by atoms with Crippen LogP contribution in [0.15, 0.2) is 24.5 Å². The number of rotatable bonds is 0. The molecule has 11 heteroatoms. The summed E-state index contributed by atoms with van der Waals surface area (Å²) in [5, 5.41) is 0. The number of fused-ring (bicyclic) bond motifs is 1. The molecule has 1 heterocycles. The van der Waals surface area contributed by atoms with Crippen LogP contribution in [0.1, 0.15) is 21.0 Å². The van der Waals surface area contributed by atoms with Gasteiger partial charge in [-0.15, -0.1) is 0 Å². The normalized spacial score (nSPS) is 14.3. The van der Waals surface area contributed by atoms with Gasteiger partial charge in [0, 0.05) is 0 Å². The van der Waals surface area contributed by atoms with Crippen molar-refractivity contribution in [1.82, 2.24) is 4.98 Å². The van der Waals surface area contributed by atoms with E-state index in [4.69, 9.17) is 13.0 Å². The first-order chi connectivity index (χ1) is 9.45. The van der Waals surface area contributed by atoms with E-state index in [2.05, 4.69) is 4.98 Å². The van der Waals surface area contributed by atoms with Gasteiger partial charge in [-0.1, -0.05) is 0 Å². The molecule has 0 saturated heterocycles. The Kier molecular flexibility index (Phi) is 4.59. The van der Waals surface area contributed by atoms with Crippen molar-refractivity contribution in [2.24, 2.45) is 7.05 Å². The van der Waals surface area contributed by atoms with Crippen molar-refractivity contribution in [2.45, 2.75) is 5.51 Å². The molecule has 0 aromatic carbocycles. The molecule has 21 heavy (non-hydrogen) atoms. The summed E-state index contributed by atoms with van der Waals surface area (Å²) in [7, 11) is -4.38. The van der Waals surface area contributed by atoms with Crippen LogP contribution in [0.2, 0.25) is 0 Å². The fourth-order valence-corrected chi connectivity index (χ4v) is 1.29. The monoisotopic (exact) mass is 324 g/mol. The second-order valence-electron chi connectivity index (χ2n) is 3.70. The highest BCUT2D eigenvalue weighted by atomic mass is 32.2. The van der Waals surface area contributed by atoms with Gasteiger partial charge in [-0.3, -0.25) is 9.59 Å². The Morgan fingerprint density at radius 2 is 1.67 bits per heavy atom. The van der Waals surface area contributed by atoms with Crippen LogP contribution in [0.25, 0.3) is 0 Å². The third-order valence-electron chi connectivity index (χ3n) is 2.21. The highest BCUT2D eigenvalue weighted by Gasteiger charge is 2.36. The number of hydrogen-bond acceptors (Lipinski definition) is 6. The number of alkyl halides is 3. The standard InChI is InChI=1S/C9H7N2O2.CHF3O3S/c1-11-5-4-10-8-6(12)2-3-7(13)9(8)11;2-1(3,4)8(5,6)7/h2-5H,1H3;(H,5,6,7)/q+1;/p-1. The zero-order valence-corrected chi connectivity index (χ0v) is 11.1. The van der Waals surface area contributed by atoms with Crippen LogP contribution >= 0.6 is 0 Å². The van der Waals surface area contributed by atoms with Crippen LogP contribution in [0.3, 0.4) is 0 Å². The van der Waals surface area contributed by atoms with E-state index in [9.17, 15) is 22.8 Å². The molecule has 7 nitrogen and oxygen atoms in total. The number of hydrogen-bond donors (Lipinski definition) is 0. The van der Waals surface area contributed by atoms with Crippen molar-refractivity contribution in [3.8, 4) is 0 Å². The van der Waals surface area contributed by atoms with Gasteiger partial charge < -0.3 is 4.55 Å². The number of carbonyl (C=O) groups excluding carboxylic acids is 2. The molecule has 1 aliphatic rings. The zero-order valence-electron chi connectivity index (χ0n) is 10.3. The van der Waals surface area contributed by atoms with Crippen molar-refractivity contribution < 1.29 is 40.3 Å². The van der Waals surface area contributed by atoms with Gasteiger partial charge >= 0.3 is 5.51 Å². The number of ketones is 2. The Balaban J connectivity index is 0.000000240. The Bertz CT molecular complexity index is 725. The molecule has 2 rings (SSSR count). The summed E-state index contributed by atoms with van der Waals surface area (Å²) in [4.78, 5) is 26.5. The molecule has 1 aromatic heterocycles. The first-order valence-electron chi connectivity index (χ1n) is 5.08. The highest BCUT2D eigenvalue weighted by molar-refractivity contribution is 7.86. The van der Waals surface area contributed by atoms with Crippen LogP contribution in [0.4, 0.5) is 13.2 Å². The van der Waals surface area contributed by atoms with Gasteiger partial charge in [0.15, 0.2) is 22.0 Å². The summed E-state index contributed by atoms with van der Waals surface area (Å²) in [5.41, 5.74) is -5.06. The van der Waals surface area contributed by atoms with E-state index >= 15 is 0 Å². The molecule has 1 aliphatic carbocycles. The summed E-state index contributed by atoms with van der Waals surface area (Å²) in [5.74, 6) is -0.393. The summed E-state index contributed by atoms with van der Waals surface area (Å²) in [6, 6.07) is 0. The summed E-state index contributed by atoms with van der Waals surface area (Å²) in [6.45, 7) is 0. The minimum absolute atomic E-state index is 0.176. The minimum Gasteiger partial charge on any atom is -0.741 e. The number of carbonyl (C=O) groups is 2. The minimum atomic E-state index is -6.09. The van der Waals surface area contributed by atoms with Crippen LogP contribution in [0, 0.1) is 0 Å². The average Bonchev–Trinajstić information content (AvgIpc) is 2.32. The molecule has 114 valence electrons. The van der Waals surface area contributed by atoms with Crippen LogP contribution < -0.4 is 4.57 Å².